The molecule has 120 valence electrons. The van der Waals surface area contributed by atoms with Crippen LogP contribution < -0.4 is 0 Å². The van der Waals surface area contributed by atoms with Gasteiger partial charge in [-0.1, -0.05) is 0 Å². The SMILES string of the molecule is CO[C@@H](C[Se][C@@H]1CC2(C)C(=O)CC1C2(C)C)c1ccccc1. The van der Waals surface area contributed by atoms with Gasteiger partial charge in [0.25, 0.3) is 0 Å². The second-order valence-corrected chi connectivity index (χ2v) is 10.2. The molecule has 3 rings (SSSR count). The fraction of sp³-hybridized carbons (Fsp3) is 0.632. The van der Waals surface area contributed by atoms with Gasteiger partial charge in [0.2, 0.25) is 0 Å². The van der Waals surface area contributed by atoms with E-state index in [4.69, 9.17) is 4.74 Å². The van der Waals surface area contributed by atoms with Gasteiger partial charge in [-0.25, -0.2) is 0 Å². The van der Waals surface area contributed by atoms with Crippen molar-refractivity contribution in [1.29, 1.82) is 0 Å². The standard InChI is InChI=1S/C19H26O2Se/c1-18(2)14-10-17(20)19(18,3)11-16(14)22-12-15(21-4)13-8-6-5-7-9-13/h5-9,14-16H,10-12H2,1-4H3/t14?,15-,16+,19?/m0/s1. The van der Waals surface area contributed by atoms with Crippen LogP contribution in [0.2, 0.25) is 10.1 Å². The molecule has 22 heavy (non-hydrogen) atoms. The maximum absolute atomic E-state index is 12.3. The zero-order valence-electron chi connectivity index (χ0n) is 14.0. The zero-order valence-corrected chi connectivity index (χ0v) is 15.7. The third-order valence-corrected chi connectivity index (χ3v) is 9.32. The molecule has 0 radical (unpaired) electrons. The first kappa shape index (κ1) is 16.2. The quantitative estimate of drug-likeness (QED) is 0.727. The Kier molecular flexibility index (Phi) is 4.26. The topological polar surface area (TPSA) is 26.3 Å². The summed E-state index contributed by atoms with van der Waals surface area (Å²) in [6, 6.07) is 10.5. The van der Waals surface area contributed by atoms with E-state index >= 15 is 0 Å². The summed E-state index contributed by atoms with van der Waals surface area (Å²) in [6.45, 7) is 6.82. The molecule has 2 aliphatic carbocycles. The van der Waals surface area contributed by atoms with Crippen molar-refractivity contribution in [3.05, 3.63) is 35.9 Å². The van der Waals surface area contributed by atoms with Crippen LogP contribution >= 0.6 is 0 Å². The third kappa shape index (κ3) is 2.38. The summed E-state index contributed by atoms with van der Waals surface area (Å²) in [5, 5.41) is 1.11. The number of fused-ring (bicyclic) bond motifs is 2. The van der Waals surface area contributed by atoms with Crippen LogP contribution in [0.5, 0.6) is 0 Å². The van der Waals surface area contributed by atoms with Gasteiger partial charge in [0.05, 0.1) is 0 Å². The number of carbonyl (C=O) groups is 1. The normalized spacial score (nSPS) is 34.1. The summed E-state index contributed by atoms with van der Waals surface area (Å²) in [6.07, 6.45) is 2.10. The van der Waals surface area contributed by atoms with E-state index in [-0.39, 0.29) is 16.9 Å². The van der Waals surface area contributed by atoms with E-state index in [9.17, 15) is 4.79 Å². The van der Waals surface area contributed by atoms with Crippen molar-refractivity contribution >= 4 is 20.7 Å². The molecule has 0 heterocycles. The molecule has 0 amide bonds. The number of methoxy groups -OCH3 is 1. The maximum atomic E-state index is 12.3. The summed E-state index contributed by atoms with van der Waals surface area (Å²) in [5.41, 5.74) is 1.36. The predicted octanol–water partition coefficient (Wildman–Crippen LogP) is 4.31. The van der Waals surface area contributed by atoms with Gasteiger partial charge in [0, 0.05) is 0 Å². The molecule has 1 aromatic carbocycles. The molecule has 2 fully saturated rings. The van der Waals surface area contributed by atoms with Crippen LogP contribution in [-0.2, 0) is 9.53 Å². The van der Waals surface area contributed by atoms with E-state index in [0.717, 1.165) is 23.0 Å². The van der Waals surface area contributed by atoms with Gasteiger partial charge in [-0.05, 0) is 0 Å². The number of hydrogen-bond donors (Lipinski definition) is 0. The fourth-order valence-corrected chi connectivity index (χ4v) is 8.24. The van der Waals surface area contributed by atoms with Gasteiger partial charge in [-0.3, -0.25) is 0 Å². The van der Waals surface area contributed by atoms with Crippen molar-refractivity contribution in [2.24, 2.45) is 16.7 Å². The number of benzene rings is 1. The van der Waals surface area contributed by atoms with E-state index in [1.807, 2.05) is 13.2 Å². The van der Waals surface area contributed by atoms with Crippen LogP contribution in [0, 0.1) is 16.7 Å². The Bertz CT molecular complexity index is 554. The van der Waals surface area contributed by atoms with E-state index in [2.05, 4.69) is 45.0 Å². The van der Waals surface area contributed by atoms with Crippen molar-refractivity contribution in [2.45, 2.75) is 49.9 Å². The van der Waals surface area contributed by atoms with E-state index in [0.29, 0.717) is 26.7 Å². The van der Waals surface area contributed by atoms with Crippen molar-refractivity contribution < 1.29 is 9.53 Å². The van der Waals surface area contributed by atoms with Gasteiger partial charge in [0.1, 0.15) is 0 Å². The van der Waals surface area contributed by atoms with E-state index in [1.54, 1.807) is 0 Å². The molecular formula is C19H26O2Se. The number of carbonyl (C=O) groups excluding carboxylic acids is 1. The molecule has 2 aliphatic rings. The van der Waals surface area contributed by atoms with Gasteiger partial charge in [-0.2, -0.15) is 0 Å². The summed E-state index contributed by atoms with van der Waals surface area (Å²) in [5.74, 6) is 1.08. The minimum atomic E-state index is -0.0839. The number of ketones is 1. The molecule has 2 nitrogen and oxygen atoms in total. The molecule has 2 bridgehead atoms. The Balaban J connectivity index is 1.67. The van der Waals surface area contributed by atoms with E-state index in [1.165, 1.54) is 5.56 Å². The first-order valence-electron chi connectivity index (χ1n) is 8.13. The second-order valence-electron chi connectivity index (χ2n) is 7.50. The summed E-state index contributed by atoms with van der Waals surface area (Å²) < 4.78 is 5.72. The van der Waals surface area contributed by atoms with E-state index < -0.39 is 0 Å². The van der Waals surface area contributed by atoms with Gasteiger partial charge in [0.15, 0.2) is 0 Å². The second kappa shape index (κ2) is 5.78. The average molecular weight is 365 g/mol. The Labute approximate surface area is 140 Å². The fourth-order valence-electron chi connectivity index (χ4n) is 4.32. The number of hydrogen-bond acceptors (Lipinski definition) is 2. The van der Waals surface area contributed by atoms with Gasteiger partial charge >= 0.3 is 140 Å². The molecule has 0 aromatic heterocycles. The van der Waals surface area contributed by atoms with Crippen molar-refractivity contribution in [2.75, 3.05) is 7.11 Å². The van der Waals surface area contributed by atoms with Crippen molar-refractivity contribution in [3.63, 3.8) is 0 Å². The van der Waals surface area contributed by atoms with Crippen LogP contribution in [0.3, 0.4) is 0 Å². The molecule has 0 spiro atoms. The van der Waals surface area contributed by atoms with Crippen LogP contribution in [0.4, 0.5) is 0 Å². The number of Topliss-reactive ketones (excluding diaryl/α,β-unsaturated/α-hetero) is 1. The first-order chi connectivity index (χ1) is 10.4. The van der Waals surface area contributed by atoms with Gasteiger partial charge < -0.3 is 0 Å². The molecule has 2 saturated carbocycles. The van der Waals surface area contributed by atoms with Crippen molar-refractivity contribution in [3.8, 4) is 0 Å². The molecule has 0 N–H and O–H groups in total. The van der Waals surface area contributed by atoms with Gasteiger partial charge in [-0.15, -0.1) is 0 Å². The van der Waals surface area contributed by atoms with Crippen LogP contribution in [-0.4, -0.2) is 27.8 Å². The third-order valence-electron chi connectivity index (χ3n) is 6.35. The Morgan fingerprint density at radius 1 is 1.27 bits per heavy atom. The van der Waals surface area contributed by atoms with Crippen molar-refractivity contribution in [1.82, 2.24) is 0 Å². The molecular weight excluding hydrogens is 339 g/mol. The summed E-state index contributed by atoms with van der Waals surface area (Å²) >= 11 is 0.525. The summed E-state index contributed by atoms with van der Waals surface area (Å²) in [7, 11) is 1.81. The summed E-state index contributed by atoms with van der Waals surface area (Å²) in [4.78, 5) is 13.0. The zero-order chi connectivity index (χ0) is 16.0. The number of ether oxygens (including phenoxy) is 1. The monoisotopic (exact) mass is 366 g/mol. The average Bonchev–Trinajstić information content (AvgIpc) is 2.80. The minimum absolute atomic E-state index is 0.0839. The molecule has 0 aliphatic heterocycles. The number of rotatable bonds is 5. The molecule has 0 saturated heterocycles. The molecule has 3 heteroatoms. The van der Waals surface area contributed by atoms with Crippen LogP contribution in [0.15, 0.2) is 30.3 Å². The first-order valence-corrected chi connectivity index (χ1v) is 10.3. The Morgan fingerprint density at radius 3 is 2.45 bits per heavy atom. The molecule has 1 aromatic rings. The van der Waals surface area contributed by atoms with Crippen LogP contribution in [0.25, 0.3) is 0 Å². The molecule has 2 unspecified atom stereocenters. The Morgan fingerprint density at radius 2 is 1.95 bits per heavy atom. The predicted molar refractivity (Wildman–Crippen MR) is 90.1 cm³/mol. The molecule has 4 atom stereocenters. The van der Waals surface area contributed by atoms with Crippen LogP contribution in [0.1, 0.15) is 45.3 Å². The Hall–Kier alpha value is -0.631.